The highest BCUT2D eigenvalue weighted by Crippen LogP contribution is 2.13. The molecule has 104 valence electrons. The number of carboxylic acid groups (broad SMARTS) is 1. The van der Waals surface area contributed by atoms with Gasteiger partial charge in [-0.25, -0.2) is 9.59 Å². The maximum absolute atomic E-state index is 11.2. The normalized spacial score (nSPS) is 13.4. The van der Waals surface area contributed by atoms with E-state index >= 15 is 0 Å². The fourth-order valence-corrected chi connectivity index (χ4v) is 1.53. The number of alkyl carbamates (subject to hydrolysis) is 1. The zero-order chi connectivity index (χ0) is 14.3. The van der Waals surface area contributed by atoms with Gasteiger partial charge in [-0.2, -0.15) is 0 Å². The van der Waals surface area contributed by atoms with Crippen LogP contribution in [0.2, 0.25) is 0 Å². The van der Waals surface area contributed by atoms with Gasteiger partial charge in [0.2, 0.25) is 5.72 Å². The molecule has 0 spiro atoms. The molecule has 0 aliphatic carbocycles. The van der Waals surface area contributed by atoms with Crippen molar-refractivity contribution in [3.8, 4) is 0 Å². The van der Waals surface area contributed by atoms with Gasteiger partial charge in [-0.3, -0.25) is 5.32 Å². The van der Waals surface area contributed by atoms with Gasteiger partial charge in [-0.15, -0.1) is 0 Å². The number of rotatable bonds is 6. The molecule has 0 saturated heterocycles. The third-order valence-corrected chi connectivity index (χ3v) is 2.56. The highest BCUT2D eigenvalue weighted by Gasteiger charge is 2.37. The van der Waals surface area contributed by atoms with Crippen LogP contribution in [-0.4, -0.2) is 34.6 Å². The first-order valence-electron chi connectivity index (χ1n) is 5.92. The topological polar surface area (TPSA) is 95.9 Å². The first-order valence-corrected chi connectivity index (χ1v) is 5.92. The van der Waals surface area contributed by atoms with E-state index in [1.165, 1.54) is 0 Å². The van der Waals surface area contributed by atoms with Crippen molar-refractivity contribution < 1.29 is 24.5 Å². The second-order valence-electron chi connectivity index (χ2n) is 4.00. The highest BCUT2D eigenvalue weighted by molar-refractivity contribution is 5.82. The van der Waals surface area contributed by atoms with Crippen LogP contribution in [0.3, 0.4) is 0 Å². The van der Waals surface area contributed by atoms with Crippen LogP contribution >= 0.6 is 0 Å². The summed E-state index contributed by atoms with van der Waals surface area (Å²) in [5, 5.41) is 20.9. The van der Waals surface area contributed by atoms with Crippen molar-refractivity contribution in [2.24, 2.45) is 0 Å². The smallest absolute Gasteiger partial charge is 0.409 e. The first kappa shape index (κ1) is 15.0. The molecule has 19 heavy (non-hydrogen) atoms. The van der Waals surface area contributed by atoms with Gasteiger partial charge in [-0.1, -0.05) is 30.3 Å². The number of ether oxygens (including phenoxy) is 1. The Morgan fingerprint density at radius 1 is 1.32 bits per heavy atom. The van der Waals surface area contributed by atoms with Crippen molar-refractivity contribution >= 4 is 12.1 Å². The van der Waals surface area contributed by atoms with Gasteiger partial charge < -0.3 is 14.9 Å². The summed E-state index contributed by atoms with van der Waals surface area (Å²) in [6.07, 6.45) is -0.790. The molecule has 3 N–H and O–H groups in total. The van der Waals surface area contributed by atoms with Crippen LogP contribution < -0.4 is 5.32 Å². The van der Waals surface area contributed by atoms with Crippen LogP contribution in [0.1, 0.15) is 18.9 Å². The first-order chi connectivity index (χ1) is 8.98. The van der Waals surface area contributed by atoms with E-state index in [0.29, 0.717) is 6.42 Å². The lowest BCUT2D eigenvalue weighted by molar-refractivity contribution is -0.162. The van der Waals surface area contributed by atoms with Crippen molar-refractivity contribution in [3.63, 3.8) is 0 Å². The van der Waals surface area contributed by atoms with Gasteiger partial charge in [0, 0.05) is 6.42 Å². The molecule has 1 atom stereocenters. The molecule has 0 fully saturated rings. The quantitative estimate of drug-likeness (QED) is 0.672. The van der Waals surface area contributed by atoms with Crippen molar-refractivity contribution in [2.75, 3.05) is 6.61 Å². The second-order valence-corrected chi connectivity index (χ2v) is 4.00. The standard InChI is InChI=1S/C13H17NO5/c1-2-19-12(17)14-13(18,11(15)16)9-8-10-6-4-3-5-7-10/h3-7,18H,2,8-9H2,1H3,(H,14,17)(H,15,16). The summed E-state index contributed by atoms with van der Waals surface area (Å²) in [6, 6.07) is 9.09. The van der Waals surface area contributed by atoms with Crippen molar-refractivity contribution in [3.05, 3.63) is 35.9 Å². The minimum atomic E-state index is -2.33. The summed E-state index contributed by atoms with van der Waals surface area (Å²) in [5.74, 6) is -1.52. The molecule has 0 aliphatic heterocycles. The van der Waals surface area contributed by atoms with Crippen LogP contribution in [0.4, 0.5) is 4.79 Å². The fourth-order valence-electron chi connectivity index (χ4n) is 1.53. The number of amides is 1. The van der Waals surface area contributed by atoms with E-state index in [0.717, 1.165) is 5.56 Å². The summed E-state index contributed by atoms with van der Waals surface area (Å²) < 4.78 is 4.57. The summed E-state index contributed by atoms with van der Waals surface area (Å²) in [7, 11) is 0. The van der Waals surface area contributed by atoms with Crippen LogP contribution in [0, 0.1) is 0 Å². The predicted octanol–water partition coefficient (Wildman–Crippen LogP) is 1.14. The molecule has 6 heteroatoms. The van der Waals surface area contributed by atoms with Crippen LogP contribution in [0.5, 0.6) is 0 Å². The molecule has 1 unspecified atom stereocenters. The van der Waals surface area contributed by atoms with E-state index in [9.17, 15) is 14.7 Å². The third-order valence-electron chi connectivity index (χ3n) is 2.56. The minimum absolute atomic E-state index is 0.0974. The van der Waals surface area contributed by atoms with E-state index < -0.39 is 17.8 Å². The maximum atomic E-state index is 11.2. The average Bonchev–Trinajstić information content (AvgIpc) is 2.37. The van der Waals surface area contributed by atoms with Crippen LogP contribution in [0.15, 0.2) is 30.3 Å². The zero-order valence-electron chi connectivity index (χ0n) is 10.6. The predicted molar refractivity (Wildman–Crippen MR) is 67.5 cm³/mol. The number of hydrogen-bond donors (Lipinski definition) is 3. The Bertz CT molecular complexity index is 434. The van der Waals surface area contributed by atoms with Crippen molar-refractivity contribution in [1.82, 2.24) is 5.32 Å². The van der Waals surface area contributed by atoms with E-state index in [1.54, 1.807) is 6.92 Å². The Labute approximate surface area is 111 Å². The third kappa shape index (κ3) is 4.59. The molecule has 0 saturated carbocycles. The summed E-state index contributed by atoms with van der Waals surface area (Å²) in [6.45, 7) is 1.68. The minimum Gasteiger partial charge on any atom is -0.478 e. The van der Waals surface area contributed by atoms with E-state index in [2.05, 4.69) is 4.74 Å². The number of aliphatic hydroxyl groups is 1. The van der Waals surface area contributed by atoms with Gasteiger partial charge in [-0.05, 0) is 18.9 Å². The number of carbonyl (C=O) groups excluding carboxylic acids is 1. The van der Waals surface area contributed by atoms with Gasteiger partial charge in [0.05, 0.1) is 6.61 Å². The average molecular weight is 267 g/mol. The summed E-state index contributed by atoms with van der Waals surface area (Å²) in [4.78, 5) is 22.3. The lowest BCUT2D eigenvalue weighted by Crippen LogP contribution is -2.55. The van der Waals surface area contributed by atoms with E-state index in [4.69, 9.17) is 5.11 Å². The number of carboxylic acids is 1. The molecular weight excluding hydrogens is 250 g/mol. The monoisotopic (exact) mass is 267 g/mol. The number of aryl methyl sites for hydroxylation is 1. The fraction of sp³-hybridized carbons (Fsp3) is 0.385. The lowest BCUT2D eigenvalue weighted by atomic mass is 10.0. The Morgan fingerprint density at radius 2 is 1.95 bits per heavy atom. The molecular formula is C13H17NO5. The molecule has 0 aromatic heterocycles. The number of benzene rings is 1. The van der Waals surface area contributed by atoms with Crippen molar-refractivity contribution in [1.29, 1.82) is 0 Å². The SMILES string of the molecule is CCOC(=O)NC(O)(CCc1ccccc1)C(=O)O. The Balaban J connectivity index is 2.66. The molecule has 1 amide bonds. The van der Waals surface area contributed by atoms with E-state index in [-0.39, 0.29) is 13.0 Å². The van der Waals surface area contributed by atoms with Gasteiger partial charge in [0.15, 0.2) is 0 Å². The highest BCUT2D eigenvalue weighted by atomic mass is 16.6. The van der Waals surface area contributed by atoms with Crippen LogP contribution in [0.25, 0.3) is 0 Å². The second kappa shape index (κ2) is 6.75. The Morgan fingerprint density at radius 3 is 2.47 bits per heavy atom. The molecule has 0 aliphatic rings. The van der Waals surface area contributed by atoms with E-state index in [1.807, 2.05) is 35.6 Å². The van der Waals surface area contributed by atoms with Gasteiger partial charge >= 0.3 is 12.1 Å². The van der Waals surface area contributed by atoms with Crippen LogP contribution in [-0.2, 0) is 16.0 Å². The van der Waals surface area contributed by atoms with Gasteiger partial charge in [0.25, 0.3) is 0 Å². The maximum Gasteiger partial charge on any atom is 0.409 e. The molecule has 0 radical (unpaired) electrons. The molecule has 0 bridgehead atoms. The number of aliphatic carboxylic acids is 1. The molecule has 1 rings (SSSR count). The molecule has 0 heterocycles. The molecule has 1 aromatic rings. The molecule has 1 aromatic carbocycles. The van der Waals surface area contributed by atoms with Crippen molar-refractivity contribution in [2.45, 2.75) is 25.5 Å². The zero-order valence-corrected chi connectivity index (χ0v) is 10.6. The van der Waals surface area contributed by atoms with Gasteiger partial charge in [0.1, 0.15) is 0 Å². The number of nitrogens with one attached hydrogen (secondary N) is 1. The number of hydrogen-bond acceptors (Lipinski definition) is 4. The lowest BCUT2D eigenvalue weighted by Gasteiger charge is -2.24. The Kier molecular flexibility index (Phi) is 5.32. The summed E-state index contributed by atoms with van der Waals surface area (Å²) in [5.41, 5.74) is -1.46. The summed E-state index contributed by atoms with van der Waals surface area (Å²) >= 11 is 0. The number of carbonyl (C=O) groups is 2. The molecule has 6 nitrogen and oxygen atoms in total. The largest absolute Gasteiger partial charge is 0.478 e. The Hall–Kier alpha value is -2.08.